The standard InChI is InChI=1S/C13H19N3O4/c1-16(8-13(19)2-4-20-5-3-13)7-11-10(12(17)18)6-14-9-15-11/h6,9,19H,2-5,7-8H2,1H3,(H,17,18). The van der Waals surface area contributed by atoms with E-state index in [0.29, 0.717) is 44.8 Å². The average Bonchev–Trinajstić information content (AvgIpc) is 2.39. The van der Waals surface area contributed by atoms with Crippen molar-refractivity contribution in [3.05, 3.63) is 23.8 Å². The van der Waals surface area contributed by atoms with Gasteiger partial charge in [0.1, 0.15) is 11.9 Å². The van der Waals surface area contributed by atoms with Gasteiger partial charge in [0.25, 0.3) is 0 Å². The van der Waals surface area contributed by atoms with Crippen molar-refractivity contribution in [2.24, 2.45) is 0 Å². The zero-order valence-electron chi connectivity index (χ0n) is 11.4. The molecule has 2 rings (SSSR count). The molecule has 1 aliphatic rings. The molecule has 1 fully saturated rings. The molecular weight excluding hydrogens is 262 g/mol. The molecule has 1 aliphatic heterocycles. The molecule has 1 aromatic heterocycles. The Bertz CT molecular complexity index is 474. The van der Waals surface area contributed by atoms with Gasteiger partial charge in [-0.2, -0.15) is 0 Å². The maximum Gasteiger partial charge on any atom is 0.339 e. The fraction of sp³-hybridized carbons (Fsp3) is 0.615. The van der Waals surface area contributed by atoms with Crippen molar-refractivity contribution >= 4 is 5.97 Å². The van der Waals surface area contributed by atoms with Gasteiger partial charge >= 0.3 is 5.97 Å². The van der Waals surface area contributed by atoms with E-state index < -0.39 is 11.6 Å². The second-order valence-electron chi connectivity index (χ2n) is 5.20. The Kier molecular flexibility index (Phi) is 4.64. The largest absolute Gasteiger partial charge is 0.478 e. The number of carboxylic acid groups (broad SMARTS) is 1. The molecule has 0 saturated carbocycles. The van der Waals surface area contributed by atoms with E-state index in [9.17, 15) is 9.90 Å². The summed E-state index contributed by atoms with van der Waals surface area (Å²) in [4.78, 5) is 20.7. The Morgan fingerprint density at radius 2 is 2.20 bits per heavy atom. The van der Waals surface area contributed by atoms with Crippen LogP contribution in [0.25, 0.3) is 0 Å². The van der Waals surface area contributed by atoms with Gasteiger partial charge in [-0.15, -0.1) is 0 Å². The van der Waals surface area contributed by atoms with Crippen LogP contribution in [0.2, 0.25) is 0 Å². The molecule has 1 saturated heterocycles. The van der Waals surface area contributed by atoms with Crippen molar-refractivity contribution in [2.75, 3.05) is 26.8 Å². The summed E-state index contributed by atoms with van der Waals surface area (Å²) in [6, 6.07) is 0. The zero-order valence-corrected chi connectivity index (χ0v) is 11.4. The SMILES string of the molecule is CN(Cc1ncncc1C(=O)O)CC1(O)CCOCC1. The van der Waals surface area contributed by atoms with Gasteiger partial charge in [0.05, 0.1) is 11.3 Å². The molecule has 110 valence electrons. The molecule has 20 heavy (non-hydrogen) atoms. The lowest BCUT2D eigenvalue weighted by molar-refractivity contribution is -0.0778. The van der Waals surface area contributed by atoms with E-state index in [2.05, 4.69) is 9.97 Å². The van der Waals surface area contributed by atoms with Crippen LogP contribution in [-0.4, -0.2) is 63.5 Å². The third-order valence-corrected chi connectivity index (χ3v) is 3.43. The number of carbonyl (C=O) groups is 1. The molecule has 2 heterocycles. The van der Waals surface area contributed by atoms with Gasteiger partial charge in [-0.25, -0.2) is 14.8 Å². The molecule has 0 atom stereocenters. The maximum absolute atomic E-state index is 11.1. The molecule has 0 radical (unpaired) electrons. The molecule has 2 N–H and O–H groups in total. The average molecular weight is 281 g/mol. The lowest BCUT2D eigenvalue weighted by atomic mass is 9.94. The molecule has 0 bridgehead atoms. The van der Waals surface area contributed by atoms with E-state index in [0.717, 1.165) is 0 Å². The molecule has 0 aromatic carbocycles. The van der Waals surface area contributed by atoms with E-state index in [4.69, 9.17) is 9.84 Å². The number of aliphatic hydroxyl groups is 1. The highest BCUT2D eigenvalue weighted by Gasteiger charge is 2.31. The fourth-order valence-corrected chi connectivity index (χ4v) is 2.38. The lowest BCUT2D eigenvalue weighted by Crippen LogP contribution is -2.45. The number of hydrogen-bond acceptors (Lipinski definition) is 6. The Morgan fingerprint density at radius 3 is 2.85 bits per heavy atom. The first kappa shape index (κ1) is 14.8. The third-order valence-electron chi connectivity index (χ3n) is 3.43. The zero-order chi connectivity index (χ0) is 14.6. The van der Waals surface area contributed by atoms with Crippen LogP contribution in [0.1, 0.15) is 28.9 Å². The molecule has 0 unspecified atom stereocenters. The predicted octanol–water partition coefficient (Wildman–Crippen LogP) is 0.148. The van der Waals surface area contributed by atoms with E-state index in [1.807, 2.05) is 11.9 Å². The lowest BCUT2D eigenvalue weighted by Gasteiger charge is -2.35. The van der Waals surface area contributed by atoms with Gasteiger partial charge < -0.3 is 14.9 Å². The molecule has 0 spiro atoms. The summed E-state index contributed by atoms with van der Waals surface area (Å²) in [6.07, 6.45) is 3.81. The Hall–Kier alpha value is -1.57. The summed E-state index contributed by atoms with van der Waals surface area (Å²) in [5.41, 5.74) is -0.229. The van der Waals surface area contributed by atoms with Gasteiger partial charge in [-0.05, 0) is 7.05 Å². The second-order valence-corrected chi connectivity index (χ2v) is 5.20. The van der Waals surface area contributed by atoms with Crippen LogP contribution in [-0.2, 0) is 11.3 Å². The first-order chi connectivity index (χ1) is 9.50. The summed E-state index contributed by atoms with van der Waals surface area (Å²) in [5, 5.41) is 19.5. The van der Waals surface area contributed by atoms with Crippen LogP contribution in [0.15, 0.2) is 12.5 Å². The van der Waals surface area contributed by atoms with Crippen LogP contribution < -0.4 is 0 Å². The molecule has 0 aliphatic carbocycles. The van der Waals surface area contributed by atoms with Gasteiger partial charge in [-0.3, -0.25) is 4.90 Å². The highest BCUT2D eigenvalue weighted by atomic mass is 16.5. The smallest absolute Gasteiger partial charge is 0.339 e. The topological polar surface area (TPSA) is 95.8 Å². The maximum atomic E-state index is 11.1. The minimum Gasteiger partial charge on any atom is -0.478 e. The summed E-state index contributed by atoms with van der Waals surface area (Å²) < 4.78 is 5.24. The Morgan fingerprint density at radius 1 is 1.50 bits per heavy atom. The van der Waals surface area contributed by atoms with Gasteiger partial charge in [0, 0.05) is 45.3 Å². The van der Waals surface area contributed by atoms with E-state index >= 15 is 0 Å². The quantitative estimate of drug-likeness (QED) is 0.793. The number of rotatable bonds is 5. The van der Waals surface area contributed by atoms with Gasteiger partial charge in [0.15, 0.2) is 0 Å². The first-order valence-electron chi connectivity index (χ1n) is 6.51. The Labute approximate surface area is 117 Å². The van der Waals surface area contributed by atoms with E-state index in [1.54, 1.807) is 0 Å². The van der Waals surface area contributed by atoms with E-state index in [-0.39, 0.29) is 5.56 Å². The van der Waals surface area contributed by atoms with Crippen molar-refractivity contribution in [2.45, 2.75) is 25.0 Å². The van der Waals surface area contributed by atoms with E-state index in [1.165, 1.54) is 12.5 Å². The molecule has 1 aromatic rings. The van der Waals surface area contributed by atoms with Crippen molar-refractivity contribution in [3.8, 4) is 0 Å². The normalized spacial score (nSPS) is 18.1. The number of aromatic carboxylic acids is 1. The fourth-order valence-electron chi connectivity index (χ4n) is 2.38. The summed E-state index contributed by atoms with van der Waals surface area (Å²) in [5.74, 6) is -1.04. The number of likely N-dealkylation sites (N-methyl/N-ethyl adjacent to an activating group) is 1. The van der Waals surface area contributed by atoms with Crippen LogP contribution in [0.3, 0.4) is 0 Å². The van der Waals surface area contributed by atoms with Crippen molar-refractivity contribution in [3.63, 3.8) is 0 Å². The molecule has 7 nitrogen and oxygen atoms in total. The van der Waals surface area contributed by atoms with Crippen LogP contribution >= 0.6 is 0 Å². The van der Waals surface area contributed by atoms with Crippen molar-refractivity contribution < 1.29 is 19.7 Å². The molecular formula is C13H19N3O4. The van der Waals surface area contributed by atoms with Gasteiger partial charge in [0.2, 0.25) is 0 Å². The van der Waals surface area contributed by atoms with Crippen LogP contribution in [0.5, 0.6) is 0 Å². The number of nitrogens with zero attached hydrogens (tertiary/aromatic N) is 3. The van der Waals surface area contributed by atoms with Crippen molar-refractivity contribution in [1.82, 2.24) is 14.9 Å². The summed E-state index contributed by atoms with van der Waals surface area (Å²) in [6.45, 7) is 1.92. The van der Waals surface area contributed by atoms with Crippen molar-refractivity contribution in [1.29, 1.82) is 0 Å². The monoisotopic (exact) mass is 281 g/mol. The minimum atomic E-state index is -1.04. The number of hydrogen-bond donors (Lipinski definition) is 2. The highest BCUT2D eigenvalue weighted by molar-refractivity contribution is 5.88. The third kappa shape index (κ3) is 3.72. The molecule has 7 heteroatoms. The van der Waals surface area contributed by atoms with Crippen LogP contribution in [0, 0.1) is 0 Å². The van der Waals surface area contributed by atoms with Gasteiger partial charge in [-0.1, -0.05) is 0 Å². The summed E-state index contributed by atoms with van der Waals surface area (Å²) >= 11 is 0. The predicted molar refractivity (Wildman–Crippen MR) is 70.3 cm³/mol. The second kappa shape index (κ2) is 6.25. The number of ether oxygens (including phenoxy) is 1. The van der Waals surface area contributed by atoms with Crippen LogP contribution in [0.4, 0.5) is 0 Å². The Balaban J connectivity index is 2.01. The minimum absolute atomic E-state index is 0.0957. The highest BCUT2D eigenvalue weighted by Crippen LogP contribution is 2.22. The molecule has 0 amide bonds. The first-order valence-corrected chi connectivity index (χ1v) is 6.51. The number of carboxylic acids is 1. The summed E-state index contributed by atoms with van der Waals surface area (Å²) in [7, 11) is 1.83. The number of aromatic nitrogens is 2.